The first-order chi connectivity index (χ1) is 13.6. The number of aryl methyl sites for hydroxylation is 2. The number of nitrogens with one attached hydrogen (secondary N) is 1. The van der Waals surface area contributed by atoms with E-state index in [0.717, 1.165) is 47.3 Å². The number of fused-ring (bicyclic) bond motifs is 3. The average molecular weight is 396 g/mol. The topological polar surface area (TPSA) is 75.1 Å². The molecule has 5 nitrogen and oxygen atoms in total. The summed E-state index contributed by atoms with van der Waals surface area (Å²) in [5.41, 5.74) is 2.45. The molecule has 2 unspecified atom stereocenters. The van der Waals surface area contributed by atoms with Crippen LogP contribution in [0.1, 0.15) is 48.5 Å². The lowest BCUT2D eigenvalue weighted by Gasteiger charge is -2.21. The molecule has 28 heavy (non-hydrogen) atoms. The molecule has 0 amide bonds. The number of aromatic nitrogens is 2. The van der Waals surface area contributed by atoms with E-state index in [4.69, 9.17) is 9.97 Å². The van der Waals surface area contributed by atoms with Gasteiger partial charge in [-0.05, 0) is 36.3 Å². The summed E-state index contributed by atoms with van der Waals surface area (Å²) < 4.78 is 0. The fourth-order valence-corrected chi connectivity index (χ4v) is 5.11. The Labute approximate surface area is 168 Å². The standard InChI is InChI=1S/C22H25N3O2S/c1-3-13(2)19(22(26)27)25-20-18-15-10-7-11-16(15)28-21(18)24-17(23-20)12-14-8-5-4-6-9-14/h4-6,8-9,13,19H,3,7,10-12H2,1-2H3,(H,26,27)(H,23,24,25). The van der Waals surface area contributed by atoms with Crippen molar-refractivity contribution in [2.75, 3.05) is 5.32 Å². The molecular formula is C22H25N3O2S. The molecule has 6 heteroatoms. The summed E-state index contributed by atoms with van der Waals surface area (Å²) in [6.45, 7) is 3.98. The second-order valence-corrected chi connectivity index (χ2v) is 8.62. The largest absolute Gasteiger partial charge is 0.480 e. The van der Waals surface area contributed by atoms with Gasteiger partial charge in [-0.15, -0.1) is 11.3 Å². The summed E-state index contributed by atoms with van der Waals surface area (Å²) >= 11 is 1.74. The molecule has 2 heterocycles. The predicted octanol–water partition coefficient (Wildman–Crippen LogP) is 4.68. The normalized spacial score (nSPS) is 15.4. The van der Waals surface area contributed by atoms with Crippen molar-refractivity contribution in [2.24, 2.45) is 5.92 Å². The highest BCUT2D eigenvalue weighted by Gasteiger charge is 2.28. The van der Waals surface area contributed by atoms with Crippen LogP contribution < -0.4 is 5.32 Å². The van der Waals surface area contributed by atoms with Gasteiger partial charge < -0.3 is 10.4 Å². The summed E-state index contributed by atoms with van der Waals surface area (Å²) in [4.78, 5) is 23.9. The van der Waals surface area contributed by atoms with E-state index in [-0.39, 0.29) is 5.92 Å². The van der Waals surface area contributed by atoms with Crippen LogP contribution in [-0.2, 0) is 24.1 Å². The van der Waals surface area contributed by atoms with Crippen LogP contribution in [0.5, 0.6) is 0 Å². The van der Waals surface area contributed by atoms with Crippen molar-refractivity contribution < 1.29 is 9.90 Å². The number of aliphatic carboxylic acids is 1. The monoisotopic (exact) mass is 395 g/mol. The summed E-state index contributed by atoms with van der Waals surface area (Å²) in [5.74, 6) is 0.585. The number of anilines is 1. The van der Waals surface area contributed by atoms with Crippen LogP contribution in [0.3, 0.4) is 0 Å². The Hall–Kier alpha value is -2.47. The Morgan fingerprint density at radius 1 is 1.25 bits per heavy atom. The molecule has 146 valence electrons. The molecule has 1 aromatic carbocycles. The van der Waals surface area contributed by atoms with Crippen LogP contribution in [0.2, 0.25) is 0 Å². The Bertz CT molecular complexity index is 1000. The summed E-state index contributed by atoms with van der Waals surface area (Å²) in [7, 11) is 0. The van der Waals surface area contributed by atoms with E-state index in [2.05, 4.69) is 17.4 Å². The lowest BCUT2D eigenvalue weighted by atomic mass is 9.99. The molecule has 1 aliphatic carbocycles. The van der Waals surface area contributed by atoms with Gasteiger partial charge in [0.05, 0.1) is 5.39 Å². The van der Waals surface area contributed by atoms with Crippen molar-refractivity contribution >= 4 is 33.3 Å². The van der Waals surface area contributed by atoms with Gasteiger partial charge in [0.2, 0.25) is 0 Å². The predicted molar refractivity (Wildman–Crippen MR) is 113 cm³/mol. The quantitative estimate of drug-likeness (QED) is 0.607. The van der Waals surface area contributed by atoms with E-state index in [9.17, 15) is 9.90 Å². The number of thiophene rings is 1. The second-order valence-electron chi connectivity index (χ2n) is 7.53. The van der Waals surface area contributed by atoms with E-state index in [0.29, 0.717) is 12.2 Å². The lowest BCUT2D eigenvalue weighted by Crippen LogP contribution is -2.35. The maximum Gasteiger partial charge on any atom is 0.326 e. The van der Waals surface area contributed by atoms with Gasteiger partial charge in [-0.25, -0.2) is 14.8 Å². The van der Waals surface area contributed by atoms with E-state index in [1.165, 1.54) is 10.4 Å². The zero-order valence-corrected chi connectivity index (χ0v) is 17.1. The first kappa shape index (κ1) is 18.9. The van der Waals surface area contributed by atoms with Gasteiger partial charge in [-0.2, -0.15) is 0 Å². The molecule has 0 radical (unpaired) electrons. The van der Waals surface area contributed by atoms with Crippen LogP contribution in [0.4, 0.5) is 5.82 Å². The zero-order valence-electron chi connectivity index (χ0n) is 16.2. The number of hydrogen-bond acceptors (Lipinski definition) is 5. The highest BCUT2D eigenvalue weighted by molar-refractivity contribution is 7.19. The van der Waals surface area contributed by atoms with Crippen molar-refractivity contribution in [2.45, 2.75) is 52.0 Å². The molecule has 0 fully saturated rings. The van der Waals surface area contributed by atoms with Crippen LogP contribution in [0.15, 0.2) is 30.3 Å². The van der Waals surface area contributed by atoms with Crippen molar-refractivity contribution in [3.05, 3.63) is 52.2 Å². The number of rotatable bonds is 7. The van der Waals surface area contributed by atoms with Crippen LogP contribution in [0, 0.1) is 5.92 Å². The Balaban J connectivity index is 1.78. The van der Waals surface area contributed by atoms with Crippen LogP contribution in [0.25, 0.3) is 10.2 Å². The van der Waals surface area contributed by atoms with Gasteiger partial charge in [0.15, 0.2) is 0 Å². The first-order valence-electron chi connectivity index (χ1n) is 9.91. The van der Waals surface area contributed by atoms with Gasteiger partial charge in [0.1, 0.15) is 22.5 Å². The third-order valence-corrected chi connectivity index (χ3v) is 6.77. The molecule has 2 atom stereocenters. The summed E-state index contributed by atoms with van der Waals surface area (Å²) in [6.07, 6.45) is 4.67. The third kappa shape index (κ3) is 3.61. The fraction of sp³-hybridized carbons (Fsp3) is 0.409. The molecular weight excluding hydrogens is 370 g/mol. The SMILES string of the molecule is CCC(C)C(Nc1nc(Cc2ccccc2)nc2sc3c(c12)CCC3)C(=O)O. The number of benzene rings is 1. The lowest BCUT2D eigenvalue weighted by molar-refractivity contribution is -0.139. The molecule has 0 saturated carbocycles. The van der Waals surface area contributed by atoms with Gasteiger partial charge >= 0.3 is 5.97 Å². The molecule has 0 aliphatic heterocycles. The second kappa shape index (κ2) is 7.87. The highest BCUT2D eigenvalue weighted by atomic mass is 32.1. The number of nitrogens with zero attached hydrogens (tertiary/aromatic N) is 2. The molecule has 2 aromatic heterocycles. The number of carboxylic acid groups (broad SMARTS) is 1. The Morgan fingerprint density at radius 2 is 2.04 bits per heavy atom. The van der Waals surface area contributed by atoms with Crippen LogP contribution in [-0.4, -0.2) is 27.1 Å². The van der Waals surface area contributed by atoms with Gasteiger partial charge in [0, 0.05) is 11.3 Å². The molecule has 3 aromatic rings. The van der Waals surface area contributed by atoms with Crippen molar-refractivity contribution in [3.63, 3.8) is 0 Å². The smallest absolute Gasteiger partial charge is 0.326 e. The third-order valence-electron chi connectivity index (χ3n) is 5.59. The Morgan fingerprint density at radius 3 is 2.75 bits per heavy atom. The number of carbonyl (C=O) groups is 1. The van der Waals surface area contributed by atoms with Gasteiger partial charge in [-0.3, -0.25) is 0 Å². The molecule has 0 spiro atoms. The molecule has 2 N–H and O–H groups in total. The number of carboxylic acids is 1. The van der Waals surface area contributed by atoms with Crippen molar-refractivity contribution in [1.82, 2.24) is 9.97 Å². The van der Waals surface area contributed by atoms with Gasteiger partial charge in [0.25, 0.3) is 0 Å². The maximum absolute atomic E-state index is 11.9. The van der Waals surface area contributed by atoms with E-state index in [1.807, 2.05) is 32.0 Å². The first-order valence-corrected chi connectivity index (χ1v) is 10.7. The summed E-state index contributed by atoms with van der Waals surface area (Å²) in [6, 6.07) is 9.48. The van der Waals surface area contributed by atoms with E-state index >= 15 is 0 Å². The maximum atomic E-state index is 11.9. The molecule has 0 saturated heterocycles. The minimum atomic E-state index is -0.836. The minimum absolute atomic E-state index is 0.00627. The Kier molecular flexibility index (Phi) is 5.31. The highest BCUT2D eigenvalue weighted by Crippen LogP contribution is 2.40. The van der Waals surface area contributed by atoms with Crippen molar-refractivity contribution in [3.8, 4) is 0 Å². The molecule has 0 bridgehead atoms. The van der Waals surface area contributed by atoms with E-state index in [1.54, 1.807) is 11.3 Å². The van der Waals surface area contributed by atoms with Crippen molar-refractivity contribution in [1.29, 1.82) is 0 Å². The minimum Gasteiger partial charge on any atom is -0.480 e. The van der Waals surface area contributed by atoms with E-state index < -0.39 is 12.0 Å². The molecule has 1 aliphatic rings. The fourth-order valence-electron chi connectivity index (χ4n) is 3.83. The molecule has 4 rings (SSSR count). The average Bonchev–Trinajstić information content (AvgIpc) is 3.26. The van der Waals surface area contributed by atoms with Gasteiger partial charge in [-0.1, -0.05) is 50.6 Å². The van der Waals surface area contributed by atoms with Crippen LogP contribution >= 0.6 is 11.3 Å². The zero-order chi connectivity index (χ0) is 19.7. The summed E-state index contributed by atoms with van der Waals surface area (Å²) in [5, 5.41) is 14.1. The number of hydrogen-bond donors (Lipinski definition) is 2.